The zero-order valence-corrected chi connectivity index (χ0v) is 5.11. The summed E-state index contributed by atoms with van der Waals surface area (Å²) in [6, 6.07) is 0. The van der Waals surface area contributed by atoms with Crippen molar-refractivity contribution in [2.24, 2.45) is 0 Å². The van der Waals surface area contributed by atoms with E-state index in [4.69, 9.17) is 7.70 Å². The summed E-state index contributed by atoms with van der Waals surface area (Å²) < 4.78 is 15.9. The van der Waals surface area contributed by atoms with Gasteiger partial charge in [0.25, 0.3) is 0 Å². The van der Waals surface area contributed by atoms with Crippen molar-refractivity contribution in [3.05, 3.63) is 0 Å². The molecular formula is CoFe2O2. The Balaban J connectivity index is -0.0000000133. The van der Waals surface area contributed by atoms with Crippen LogP contribution in [-0.2, 0) is 56.4 Å². The van der Waals surface area contributed by atoms with Gasteiger partial charge in [-0.3, -0.25) is 0 Å². The molecule has 0 aliphatic carbocycles. The maximum atomic E-state index is 8.00. The van der Waals surface area contributed by atoms with Gasteiger partial charge in [0.2, 0.25) is 0 Å². The average Bonchev–Trinajstić information content (AvgIpc) is 1.50. The van der Waals surface area contributed by atoms with Crippen molar-refractivity contribution < 1.29 is 56.4 Å². The Kier molecular flexibility index (Phi) is 222. The fourth-order valence-electron chi connectivity index (χ4n) is 0. The quantitative estimate of drug-likeness (QED) is 0.508. The summed E-state index contributed by atoms with van der Waals surface area (Å²) in [5.41, 5.74) is 0. The number of hydrogen-bond acceptors (Lipinski definition) is 2. The second-order valence-corrected chi connectivity index (χ2v) is 0. The van der Waals surface area contributed by atoms with E-state index in [-0.39, 0.29) is 17.1 Å². The van der Waals surface area contributed by atoms with Crippen molar-refractivity contribution in [3.63, 3.8) is 0 Å². The standard InChI is InChI=1S/Co.2Fe.2O. The fraction of sp³-hybridized carbons (Fsp3) is 0. The summed E-state index contributed by atoms with van der Waals surface area (Å²) in [5, 5.41) is 0. The van der Waals surface area contributed by atoms with Gasteiger partial charge in [-0.05, 0) is 0 Å². The molecule has 0 aromatic rings. The van der Waals surface area contributed by atoms with Crippen molar-refractivity contribution in [1.82, 2.24) is 0 Å². The Labute approximate surface area is 56.4 Å². The molecule has 2 nitrogen and oxygen atoms in total. The summed E-state index contributed by atoms with van der Waals surface area (Å²) in [7, 11) is 0. The van der Waals surface area contributed by atoms with E-state index in [0.29, 0.717) is 0 Å². The summed E-state index contributed by atoms with van der Waals surface area (Å²) in [6.07, 6.45) is 0. The van der Waals surface area contributed by atoms with Gasteiger partial charge >= 0.3 is 39.3 Å². The fourth-order valence-corrected chi connectivity index (χ4v) is 0. The molecule has 0 aliphatic rings. The molecule has 0 atom stereocenters. The van der Waals surface area contributed by atoms with Crippen LogP contribution in [0, 0.1) is 0 Å². The monoisotopic (exact) mass is 203 g/mol. The summed E-state index contributed by atoms with van der Waals surface area (Å²) in [5.74, 6) is 0. The van der Waals surface area contributed by atoms with Crippen molar-refractivity contribution >= 4 is 0 Å². The molecule has 0 bridgehead atoms. The van der Waals surface area contributed by atoms with Crippen LogP contribution < -0.4 is 0 Å². The molecule has 0 spiro atoms. The summed E-state index contributed by atoms with van der Waals surface area (Å²) in [6.45, 7) is 0. The third-order valence-corrected chi connectivity index (χ3v) is 0. The average molecular weight is 203 g/mol. The summed E-state index contributed by atoms with van der Waals surface area (Å²) in [4.78, 5) is 0. The van der Waals surface area contributed by atoms with Gasteiger partial charge in [-0.2, -0.15) is 0 Å². The first kappa shape index (κ1) is 16.4. The van der Waals surface area contributed by atoms with E-state index in [1.165, 1.54) is 0 Å². The van der Waals surface area contributed by atoms with E-state index in [1.54, 1.807) is 0 Å². The first-order valence-electron chi connectivity index (χ1n) is 0.280. The van der Waals surface area contributed by atoms with Gasteiger partial charge in [0, 0.05) is 17.1 Å². The van der Waals surface area contributed by atoms with Gasteiger partial charge in [-0.1, -0.05) is 0 Å². The predicted molar refractivity (Wildman–Crippen MR) is 1.37 cm³/mol. The second kappa shape index (κ2) is 67.4. The molecule has 0 radical (unpaired) electrons. The molecule has 0 rings (SSSR count). The third-order valence-electron chi connectivity index (χ3n) is 0. The Morgan fingerprint density at radius 1 is 1.20 bits per heavy atom. The van der Waals surface area contributed by atoms with Crippen LogP contribution in [0.3, 0.4) is 0 Å². The molecule has 0 aromatic carbocycles. The number of rotatable bonds is 0. The normalized spacial score (nSPS) is 2.00. The van der Waals surface area contributed by atoms with E-state index in [0.717, 1.165) is 0 Å². The molecule has 0 N–H and O–H groups in total. The molecule has 0 amide bonds. The van der Waals surface area contributed by atoms with Crippen LogP contribution >= 0.6 is 0 Å². The SMILES string of the molecule is [Fe].[O]=[Co].[O]=[Fe]. The van der Waals surface area contributed by atoms with Crippen LogP contribution in [0.5, 0.6) is 0 Å². The zero-order valence-electron chi connectivity index (χ0n) is 1.86. The third kappa shape index (κ3) is 38.8. The zero-order chi connectivity index (χ0) is 4.00. The molecule has 0 aromatic heterocycles. The first-order valence-corrected chi connectivity index (χ1v) is 1.16. The molecule has 0 fully saturated rings. The van der Waals surface area contributed by atoms with E-state index in [9.17, 15) is 0 Å². The van der Waals surface area contributed by atoms with Crippen LogP contribution in [0.15, 0.2) is 0 Å². The van der Waals surface area contributed by atoms with E-state index < -0.39 is 0 Å². The Morgan fingerprint density at radius 3 is 1.20 bits per heavy atom. The molecule has 37 valence electrons. The van der Waals surface area contributed by atoms with E-state index >= 15 is 0 Å². The molecular weight excluding hydrogens is 203 g/mol. The van der Waals surface area contributed by atoms with Gasteiger partial charge in [0.15, 0.2) is 0 Å². The van der Waals surface area contributed by atoms with Gasteiger partial charge in [0.1, 0.15) is 0 Å². The van der Waals surface area contributed by atoms with Crippen LogP contribution in [0.4, 0.5) is 0 Å². The predicted octanol–water partition coefficient (Wildman–Crippen LogP) is -0.245. The van der Waals surface area contributed by atoms with Gasteiger partial charge in [0.05, 0.1) is 0 Å². The topological polar surface area (TPSA) is 34.1 Å². The minimum atomic E-state index is 0. The summed E-state index contributed by atoms with van der Waals surface area (Å²) >= 11 is 4.31. The Morgan fingerprint density at radius 2 is 1.20 bits per heavy atom. The first-order chi connectivity index (χ1) is 2.00. The van der Waals surface area contributed by atoms with Gasteiger partial charge in [-0.15, -0.1) is 0 Å². The van der Waals surface area contributed by atoms with Crippen LogP contribution in [0.2, 0.25) is 0 Å². The van der Waals surface area contributed by atoms with Crippen molar-refractivity contribution in [1.29, 1.82) is 0 Å². The van der Waals surface area contributed by atoms with Crippen LogP contribution in [-0.4, -0.2) is 0 Å². The number of hydrogen-bond donors (Lipinski definition) is 0. The Hall–Kier alpha value is 1.15. The van der Waals surface area contributed by atoms with Gasteiger partial charge in [-0.25, -0.2) is 0 Å². The maximum absolute atomic E-state index is 8.00. The molecule has 0 saturated carbocycles. The van der Waals surface area contributed by atoms with Gasteiger partial charge < -0.3 is 0 Å². The molecule has 5 heavy (non-hydrogen) atoms. The van der Waals surface area contributed by atoms with Crippen LogP contribution in [0.25, 0.3) is 0 Å². The van der Waals surface area contributed by atoms with E-state index in [2.05, 4.69) is 15.7 Å². The second-order valence-electron chi connectivity index (χ2n) is 0. The molecule has 0 saturated heterocycles. The minimum absolute atomic E-state index is 0. The molecule has 0 heterocycles. The van der Waals surface area contributed by atoms with Crippen LogP contribution in [0.1, 0.15) is 0 Å². The molecule has 0 aliphatic heterocycles. The van der Waals surface area contributed by atoms with Crippen molar-refractivity contribution in [2.45, 2.75) is 0 Å². The molecule has 5 heteroatoms. The van der Waals surface area contributed by atoms with Crippen molar-refractivity contribution in [2.75, 3.05) is 0 Å². The Bertz CT molecular complexity index is 9.61. The van der Waals surface area contributed by atoms with Crippen molar-refractivity contribution in [3.8, 4) is 0 Å². The van der Waals surface area contributed by atoms with E-state index in [1.807, 2.05) is 15.9 Å². The molecule has 0 unspecified atom stereocenters.